The molecule has 1 aromatic heterocycles. The highest BCUT2D eigenvalue weighted by atomic mass is 79.9. The predicted molar refractivity (Wildman–Crippen MR) is 89.3 cm³/mol. The Hall–Kier alpha value is -1.44. The molecule has 3 aromatic rings. The Labute approximate surface area is 135 Å². The first kappa shape index (κ1) is 14.5. The van der Waals surface area contributed by atoms with Crippen LogP contribution in [0.1, 0.15) is 5.01 Å². The summed E-state index contributed by atoms with van der Waals surface area (Å²) in [5, 5.41) is 0.917. The molecule has 0 saturated heterocycles. The molecule has 0 aliphatic heterocycles. The summed E-state index contributed by atoms with van der Waals surface area (Å²) in [5.74, 6) is 0. The van der Waals surface area contributed by atoms with Gasteiger partial charge in [-0.3, -0.25) is 4.72 Å². The fraction of sp³-hybridized carbons (Fsp3) is 0.0714. The van der Waals surface area contributed by atoms with Crippen LogP contribution in [0.4, 0.5) is 5.69 Å². The summed E-state index contributed by atoms with van der Waals surface area (Å²) in [6.07, 6.45) is 0. The van der Waals surface area contributed by atoms with E-state index in [0.29, 0.717) is 11.2 Å². The first-order chi connectivity index (χ1) is 9.94. The molecule has 0 unspecified atom stereocenters. The maximum absolute atomic E-state index is 12.4. The number of aryl methyl sites for hydroxylation is 1. The van der Waals surface area contributed by atoms with Crippen LogP contribution >= 0.6 is 27.3 Å². The highest BCUT2D eigenvalue weighted by Gasteiger charge is 2.15. The number of nitrogens with zero attached hydrogens (tertiary/aromatic N) is 1. The molecule has 7 heteroatoms. The summed E-state index contributed by atoms with van der Waals surface area (Å²) in [6, 6.07) is 12.0. The van der Waals surface area contributed by atoms with Crippen LogP contribution in [0.5, 0.6) is 0 Å². The van der Waals surface area contributed by atoms with E-state index >= 15 is 0 Å². The maximum Gasteiger partial charge on any atom is 0.261 e. The second kappa shape index (κ2) is 5.40. The first-order valence-corrected chi connectivity index (χ1v) is 9.19. The first-order valence-electron chi connectivity index (χ1n) is 6.10. The van der Waals surface area contributed by atoms with Gasteiger partial charge in [0, 0.05) is 10.2 Å². The second-order valence-corrected chi connectivity index (χ2v) is 8.31. The van der Waals surface area contributed by atoms with Crippen LogP contribution in [0, 0.1) is 6.92 Å². The zero-order valence-electron chi connectivity index (χ0n) is 11.0. The average Bonchev–Trinajstić information content (AvgIpc) is 2.80. The molecule has 0 fully saturated rings. The van der Waals surface area contributed by atoms with Crippen LogP contribution in [0.15, 0.2) is 51.8 Å². The van der Waals surface area contributed by atoms with Gasteiger partial charge in [0.05, 0.1) is 20.1 Å². The summed E-state index contributed by atoms with van der Waals surface area (Å²) >= 11 is 4.86. The minimum absolute atomic E-state index is 0.211. The predicted octanol–water partition coefficient (Wildman–Crippen LogP) is 4.17. The molecule has 2 aromatic carbocycles. The van der Waals surface area contributed by atoms with Crippen molar-refractivity contribution in [2.75, 3.05) is 4.72 Å². The number of thiazole rings is 1. The number of fused-ring (bicyclic) bond motifs is 1. The Bertz CT molecular complexity index is 902. The van der Waals surface area contributed by atoms with Crippen LogP contribution < -0.4 is 4.72 Å². The van der Waals surface area contributed by atoms with Gasteiger partial charge < -0.3 is 0 Å². The van der Waals surface area contributed by atoms with Gasteiger partial charge in [-0.05, 0) is 49.4 Å². The van der Waals surface area contributed by atoms with Crippen molar-refractivity contribution in [1.82, 2.24) is 4.98 Å². The van der Waals surface area contributed by atoms with Crippen molar-refractivity contribution in [3.05, 3.63) is 51.9 Å². The molecule has 0 saturated carbocycles. The van der Waals surface area contributed by atoms with Crippen LogP contribution in [0.25, 0.3) is 10.2 Å². The molecule has 108 valence electrons. The van der Waals surface area contributed by atoms with Gasteiger partial charge in [0.2, 0.25) is 0 Å². The van der Waals surface area contributed by atoms with Crippen LogP contribution in [-0.2, 0) is 10.0 Å². The van der Waals surface area contributed by atoms with Crippen LogP contribution in [0.2, 0.25) is 0 Å². The third-order valence-electron chi connectivity index (χ3n) is 2.87. The standard InChI is InChI=1S/C14H11BrN2O2S2/c1-9-16-13-8-12(6-7-14(13)20-9)21(18,19)17-11-4-2-10(15)3-5-11/h2-8,17H,1H3. The summed E-state index contributed by atoms with van der Waals surface area (Å²) in [7, 11) is -3.61. The fourth-order valence-corrected chi connectivity index (χ4v) is 4.07. The Morgan fingerprint density at radius 2 is 1.86 bits per heavy atom. The van der Waals surface area contributed by atoms with E-state index in [1.165, 1.54) is 0 Å². The smallest absolute Gasteiger partial charge is 0.261 e. The van der Waals surface area contributed by atoms with Crippen LogP contribution in [0.3, 0.4) is 0 Å². The molecule has 0 spiro atoms. The van der Waals surface area contributed by atoms with Gasteiger partial charge in [0.25, 0.3) is 10.0 Å². The highest BCUT2D eigenvalue weighted by molar-refractivity contribution is 9.10. The fourth-order valence-electron chi connectivity index (χ4n) is 1.92. The highest BCUT2D eigenvalue weighted by Crippen LogP contribution is 2.25. The summed E-state index contributed by atoms with van der Waals surface area (Å²) in [4.78, 5) is 4.54. The molecule has 0 bridgehead atoms. The van der Waals surface area contributed by atoms with Gasteiger partial charge >= 0.3 is 0 Å². The zero-order valence-corrected chi connectivity index (χ0v) is 14.2. The molecule has 0 aliphatic rings. The van der Waals surface area contributed by atoms with Crippen molar-refractivity contribution in [2.24, 2.45) is 0 Å². The lowest BCUT2D eigenvalue weighted by Crippen LogP contribution is -2.12. The van der Waals surface area contributed by atoms with E-state index < -0.39 is 10.0 Å². The number of anilines is 1. The normalized spacial score (nSPS) is 11.7. The number of halogens is 1. The summed E-state index contributed by atoms with van der Waals surface area (Å²) in [6.45, 7) is 1.90. The largest absolute Gasteiger partial charge is 0.280 e. The van der Waals surface area contributed by atoms with Gasteiger partial charge in [-0.25, -0.2) is 13.4 Å². The van der Waals surface area contributed by atoms with E-state index in [1.807, 2.05) is 6.92 Å². The lowest BCUT2D eigenvalue weighted by atomic mass is 10.3. The van der Waals surface area contributed by atoms with Crippen LogP contribution in [-0.4, -0.2) is 13.4 Å². The lowest BCUT2D eigenvalue weighted by molar-refractivity contribution is 0.601. The third kappa shape index (κ3) is 3.09. The third-order valence-corrected chi connectivity index (χ3v) is 5.73. The minimum Gasteiger partial charge on any atom is -0.280 e. The number of nitrogens with one attached hydrogen (secondary N) is 1. The number of benzene rings is 2. The molecule has 0 atom stereocenters. The SMILES string of the molecule is Cc1nc2cc(S(=O)(=O)Nc3ccc(Br)cc3)ccc2s1. The monoisotopic (exact) mass is 382 g/mol. The van der Waals surface area contributed by atoms with E-state index in [-0.39, 0.29) is 4.90 Å². The number of sulfonamides is 1. The van der Waals surface area contributed by atoms with Crippen molar-refractivity contribution >= 4 is 53.2 Å². The molecule has 4 nitrogen and oxygen atoms in total. The molecular formula is C14H11BrN2O2S2. The van der Waals surface area contributed by atoms with Crippen molar-refractivity contribution in [3.8, 4) is 0 Å². The van der Waals surface area contributed by atoms with E-state index in [4.69, 9.17) is 0 Å². The molecule has 0 radical (unpaired) electrons. The maximum atomic E-state index is 12.4. The topological polar surface area (TPSA) is 59.1 Å². The molecule has 21 heavy (non-hydrogen) atoms. The van der Waals surface area contributed by atoms with Crippen molar-refractivity contribution in [1.29, 1.82) is 0 Å². The van der Waals surface area contributed by atoms with Gasteiger partial charge in [-0.1, -0.05) is 15.9 Å². The van der Waals surface area contributed by atoms with E-state index in [1.54, 1.807) is 53.8 Å². The quantitative estimate of drug-likeness (QED) is 0.739. The van der Waals surface area contributed by atoms with Gasteiger partial charge in [0.1, 0.15) is 0 Å². The summed E-state index contributed by atoms with van der Waals surface area (Å²) in [5.41, 5.74) is 1.23. The van der Waals surface area contributed by atoms with Crippen molar-refractivity contribution in [3.63, 3.8) is 0 Å². The Morgan fingerprint density at radius 1 is 1.14 bits per heavy atom. The van der Waals surface area contributed by atoms with Gasteiger partial charge in [0.15, 0.2) is 0 Å². The van der Waals surface area contributed by atoms with E-state index in [0.717, 1.165) is 14.2 Å². The van der Waals surface area contributed by atoms with Gasteiger partial charge in [-0.15, -0.1) is 11.3 Å². The van der Waals surface area contributed by atoms with Crippen molar-refractivity contribution in [2.45, 2.75) is 11.8 Å². The second-order valence-electron chi connectivity index (χ2n) is 4.47. The van der Waals surface area contributed by atoms with Gasteiger partial charge in [-0.2, -0.15) is 0 Å². The Balaban J connectivity index is 1.97. The van der Waals surface area contributed by atoms with Crippen molar-refractivity contribution < 1.29 is 8.42 Å². The molecule has 1 N–H and O–H groups in total. The number of hydrogen-bond acceptors (Lipinski definition) is 4. The zero-order chi connectivity index (χ0) is 15.0. The number of aromatic nitrogens is 1. The lowest BCUT2D eigenvalue weighted by Gasteiger charge is -2.08. The molecule has 1 heterocycles. The number of hydrogen-bond donors (Lipinski definition) is 1. The minimum atomic E-state index is -3.61. The average molecular weight is 383 g/mol. The Morgan fingerprint density at radius 3 is 2.57 bits per heavy atom. The molecule has 0 aliphatic carbocycles. The van der Waals surface area contributed by atoms with E-state index in [2.05, 4.69) is 25.6 Å². The van der Waals surface area contributed by atoms with E-state index in [9.17, 15) is 8.42 Å². The number of rotatable bonds is 3. The summed E-state index contributed by atoms with van der Waals surface area (Å²) < 4.78 is 29.2. The molecule has 3 rings (SSSR count). The molecular weight excluding hydrogens is 372 g/mol. The molecule has 0 amide bonds. The Kier molecular flexibility index (Phi) is 3.73.